The number of amides is 1. The van der Waals surface area contributed by atoms with Gasteiger partial charge in [-0.3, -0.25) is 4.79 Å². The third-order valence-electron chi connectivity index (χ3n) is 9.38. The van der Waals surface area contributed by atoms with Crippen LogP contribution in [-0.4, -0.2) is 39.8 Å². The van der Waals surface area contributed by atoms with Crippen molar-refractivity contribution in [3.8, 4) is 5.75 Å². The molecule has 39 heavy (non-hydrogen) atoms. The molecule has 2 aromatic rings. The Labute approximate surface area is 236 Å². The van der Waals surface area contributed by atoms with Gasteiger partial charge in [-0.25, -0.2) is 13.1 Å². The van der Waals surface area contributed by atoms with Crippen LogP contribution in [0.25, 0.3) is 0 Å². The minimum Gasteiger partial charge on any atom is -0.490 e. The van der Waals surface area contributed by atoms with Crippen LogP contribution in [0.15, 0.2) is 48.6 Å². The molecule has 1 saturated carbocycles. The van der Waals surface area contributed by atoms with Crippen LogP contribution in [0.4, 0.5) is 5.69 Å². The Balaban J connectivity index is 1.42. The van der Waals surface area contributed by atoms with E-state index in [4.69, 9.17) is 16.3 Å². The summed E-state index contributed by atoms with van der Waals surface area (Å²) in [7, 11) is -3.72. The third-order valence-corrected chi connectivity index (χ3v) is 10.9. The molecular weight excluding hydrogens is 532 g/mol. The van der Waals surface area contributed by atoms with E-state index in [1.165, 1.54) is 24.0 Å². The average molecular weight is 569 g/mol. The van der Waals surface area contributed by atoms with Gasteiger partial charge in [-0.2, -0.15) is 0 Å². The maximum absolute atomic E-state index is 13.1. The number of carbonyl (C=O) groups is 1. The van der Waals surface area contributed by atoms with Gasteiger partial charge in [0, 0.05) is 29.1 Å². The van der Waals surface area contributed by atoms with Crippen molar-refractivity contribution in [2.75, 3.05) is 30.3 Å². The molecule has 1 N–H and O–H groups in total. The zero-order valence-electron chi connectivity index (χ0n) is 22.5. The predicted octanol–water partition coefficient (Wildman–Crippen LogP) is 5.89. The van der Waals surface area contributed by atoms with E-state index in [2.05, 4.69) is 40.8 Å². The van der Waals surface area contributed by atoms with Crippen molar-refractivity contribution >= 4 is 33.2 Å². The molecule has 8 heteroatoms. The predicted molar refractivity (Wildman–Crippen MR) is 155 cm³/mol. The van der Waals surface area contributed by atoms with Crippen LogP contribution in [-0.2, 0) is 21.9 Å². The van der Waals surface area contributed by atoms with Crippen molar-refractivity contribution in [1.29, 1.82) is 0 Å². The molecule has 6 nitrogen and oxygen atoms in total. The first-order chi connectivity index (χ1) is 18.7. The van der Waals surface area contributed by atoms with Gasteiger partial charge in [-0.15, -0.1) is 0 Å². The van der Waals surface area contributed by atoms with Crippen molar-refractivity contribution in [3.63, 3.8) is 0 Å². The lowest BCUT2D eigenvalue weighted by Gasteiger charge is -2.46. The number of allylic oxidation sites excluding steroid dienone is 2. The fourth-order valence-electron chi connectivity index (χ4n) is 7.15. The van der Waals surface area contributed by atoms with Crippen molar-refractivity contribution < 1.29 is 17.9 Å². The molecule has 2 aromatic carbocycles. The number of sulfonamides is 1. The van der Waals surface area contributed by atoms with E-state index in [-0.39, 0.29) is 11.2 Å². The summed E-state index contributed by atoms with van der Waals surface area (Å²) in [6.45, 7) is 4.50. The number of hydrogen-bond donors (Lipinski definition) is 1. The Hall–Kier alpha value is -2.51. The monoisotopic (exact) mass is 568 g/mol. The minimum atomic E-state index is -3.72. The molecular formula is C31H37ClN2O4S. The van der Waals surface area contributed by atoms with E-state index in [1.807, 2.05) is 18.2 Å². The maximum Gasteiger partial charge on any atom is 0.264 e. The van der Waals surface area contributed by atoms with Crippen LogP contribution in [0.1, 0.15) is 66.9 Å². The molecule has 1 spiro atoms. The SMILES string of the molecule is CC1/C=C/CCCS(=O)(=O)NC(=O)c2ccc3c(c2)N(C[C@@H]2CC[C@@H]12)C[C@@]1(CCCc2cc(Cl)ccc21)CO3. The van der Waals surface area contributed by atoms with Crippen LogP contribution >= 0.6 is 11.6 Å². The fourth-order valence-corrected chi connectivity index (χ4v) is 8.39. The number of fused-ring (bicyclic) bond motifs is 4. The molecule has 6 rings (SSSR count). The van der Waals surface area contributed by atoms with Gasteiger partial charge in [0.15, 0.2) is 0 Å². The van der Waals surface area contributed by atoms with E-state index in [0.29, 0.717) is 42.8 Å². The number of rotatable bonds is 0. The highest BCUT2D eigenvalue weighted by atomic mass is 35.5. The van der Waals surface area contributed by atoms with E-state index in [1.54, 1.807) is 6.07 Å². The van der Waals surface area contributed by atoms with Gasteiger partial charge in [0.1, 0.15) is 5.75 Å². The molecule has 208 valence electrons. The summed E-state index contributed by atoms with van der Waals surface area (Å²) in [6.07, 6.45) is 11.0. The first-order valence-electron chi connectivity index (χ1n) is 14.3. The molecule has 2 aliphatic heterocycles. The average Bonchev–Trinajstić information content (AvgIpc) is 3.02. The number of nitrogens with zero attached hydrogens (tertiary/aromatic N) is 1. The molecule has 2 bridgehead atoms. The van der Waals surface area contributed by atoms with Gasteiger partial charge in [0.05, 0.1) is 18.0 Å². The van der Waals surface area contributed by atoms with Crippen LogP contribution in [0, 0.1) is 17.8 Å². The molecule has 0 saturated heterocycles. The lowest BCUT2D eigenvalue weighted by molar-refractivity contribution is 0.0981. The fraction of sp³-hybridized carbons (Fsp3) is 0.516. The van der Waals surface area contributed by atoms with Crippen LogP contribution < -0.4 is 14.4 Å². The number of anilines is 1. The molecule has 2 heterocycles. The second-order valence-electron chi connectivity index (χ2n) is 12.0. The molecule has 1 unspecified atom stereocenters. The molecule has 1 fully saturated rings. The summed E-state index contributed by atoms with van der Waals surface area (Å²) in [5.74, 6) is 1.66. The summed E-state index contributed by atoms with van der Waals surface area (Å²) in [4.78, 5) is 15.5. The zero-order valence-corrected chi connectivity index (χ0v) is 24.1. The Morgan fingerprint density at radius 1 is 1.13 bits per heavy atom. The molecule has 2 aliphatic carbocycles. The van der Waals surface area contributed by atoms with Crippen molar-refractivity contribution in [3.05, 3.63) is 70.3 Å². The lowest BCUT2D eigenvalue weighted by Crippen LogP contribution is -2.49. The quantitative estimate of drug-likeness (QED) is 0.401. The summed E-state index contributed by atoms with van der Waals surface area (Å²) in [5.41, 5.74) is 3.63. The van der Waals surface area contributed by atoms with Crippen molar-refractivity contribution in [2.45, 2.75) is 57.3 Å². The van der Waals surface area contributed by atoms with Gasteiger partial charge in [-0.1, -0.05) is 36.7 Å². The van der Waals surface area contributed by atoms with Gasteiger partial charge < -0.3 is 9.64 Å². The Morgan fingerprint density at radius 3 is 2.82 bits per heavy atom. The van der Waals surface area contributed by atoms with E-state index in [0.717, 1.165) is 48.8 Å². The van der Waals surface area contributed by atoms with E-state index >= 15 is 0 Å². The Bertz CT molecular complexity index is 1410. The number of nitrogens with one attached hydrogen (secondary N) is 1. The Morgan fingerprint density at radius 2 is 2.00 bits per heavy atom. The Kier molecular flexibility index (Phi) is 7.17. The lowest BCUT2D eigenvalue weighted by atomic mass is 9.66. The van der Waals surface area contributed by atoms with Gasteiger partial charge in [0.2, 0.25) is 10.0 Å². The van der Waals surface area contributed by atoms with Crippen molar-refractivity contribution in [2.24, 2.45) is 17.8 Å². The minimum absolute atomic E-state index is 0.0738. The molecule has 4 atom stereocenters. The zero-order chi connectivity index (χ0) is 27.2. The van der Waals surface area contributed by atoms with Crippen LogP contribution in [0.2, 0.25) is 5.02 Å². The number of benzene rings is 2. The van der Waals surface area contributed by atoms with Crippen LogP contribution in [0.5, 0.6) is 5.75 Å². The first-order valence-corrected chi connectivity index (χ1v) is 16.3. The highest BCUT2D eigenvalue weighted by Gasteiger charge is 2.44. The van der Waals surface area contributed by atoms with Gasteiger partial charge in [0.25, 0.3) is 5.91 Å². The maximum atomic E-state index is 13.1. The molecule has 4 aliphatic rings. The second kappa shape index (κ2) is 10.5. The van der Waals surface area contributed by atoms with E-state index in [9.17, 15) is 13.2 Å². The topological polar surface area (TPSA) is 75.7 Å². The highest BCUT2D eigenvalue weighted by Crippen LogP contribution is 2.47. The number of halogens is 1. The van der Waals surface area contributed by atoms with Gasteiger partial charge >= 0.3 is 0 Å². The first kappa shape index (κ1) is 26.7. The number of carbonyl (C=O) groups excluding carboxylic acids is 1. The number of ether oxygens (including phenoxy) is 1. The summed E-state index contributed by atoms with van der Waals surface area (Å²) >= 11 is 6.38. The smallest absolute Gasteiger partial charge is 0.264 e. The summed E-state index contributed by atoms with van der Waals surface area (Å²) in [6, 6.07) is 11.6. The number of aryl methyl sites for hydroxylation is 1. The normalized spacial score (nSPS) is 31.1. The number of hydrogen-bond acceptors (Lipinski definition) is 5. The molecule has 1 amide bonds. The van der Waals surface area contributed by atoms with Gasteiger partial charge in [-0.05, 0) is 104 Å². The van der Waals surface area contributed by atoms with Crippen LogP contribution in [0.3, 0.4) is 0 Å². The summed E-state index contributed by atoms with van der Waals surface area (Å²) in [5, 5.41) is 0.763. The van der Waals surface area contributed by atoms with Crippen molar-refractivity contribution in [1.82, 2.24) is 4.72 Å². The third kappa shape index (κ3) is 5.32. The summed E-state index contributed by atoms with van der Waals surface area (Å²) < 4.78 is 34.1. The highest BCUT2D eigenvalue weighted by molar-refractivity contribution is 7.90. The molecule has 0 radical (unpaired) electrons. The largest absolute Gasteiger partial charge is 0.490 e. The molecule has 0 aromatic heterocycles. The standard InChI is InChI=1S/C31H37ClN2O4S/c1-21-6-3-2-4-15-39(36,37)33-30(35)23-9-13-29-28(17-23)34(18-24-8-11-26(21)24)19-31(20-38-29)14-5-7-22-16-25(32)10-12-27(22)31/h3,6,9-10,12-13,16-17,21,24,26H,2,4-5,7-8,11,14-15,18-20H2,1H3,(H,33,35)/b6-3+/t21?,24-,26-,31-/m0/s1. The second-order valence-corrected chi connectivity index (χ2v) is 14.2. The van der Waals surface area contributed by atoms with E-state index < -0.39 is 15.9 Å².